The molecule has 4 rings (SSSR count). The van der Waals surface area contributed by atoms with Crippen LogP contribution in [-0.2, 0) is 11.0 Å². The Balaban J connectivity index is 1.50. The zero-order chi connectivity index (χ0) is 25.7. The van der Waals surface area contributed by atoms with Gasteiger partial charge < -0.3 is 15.4 Å². The first-order valence-corrected chi connectivity index (χ1v) is 11.5. The molecule has 0 spiro atoms. The standard InChI is InChI=1S/C26H22ClF3N4O2/c1-2-17(25(35)34-18-6-7-22(27)21(14-18)26(28,29)30)12-16-4-3-5-19(13-16)36-20-8-9-31-23(15-20)24-32-10-11-33-24/h3-9,12-15H,2,10-11H2,1H3,(H,32,33)(H,34,35)/b17-12-. The van der Waals surface area contributed by atoms with E-state index in [-0.39, 0.29) is 5.69 Å². The molecule has 0 saturated carbocycles. The summed E-state index contributed by atoms with van der Waals surface area (Å²) in [7, 11) is 0. The molecule has 2 aromatic carbocycles. The van der Waals surface area contributed by atoms with Crippen LogP contribution in [0.4, 0.5) is 18.9 Å². The summed E-state index contributed by atoms with van der Waals surface area (Å²) < 4.78 is 45.4. The van der Waals surface area contributed by atoms with Crippen molar-refractivity contribution in [2.45, 2.75) is 19.5 Å². The number of aromatic nitrogens is 1. The molecule has 0 atom stereocenters. The Hall–Kier alpha value is -3.85. The van der Waals surface area contributed by atoms with Gasteiger partial charge >= 0.3 is 6.18 Å². The molecule has 3 aromatic rings. The van der Waals surface area contributed by atoms with Gasteiger partial charge in [0.2, 0.25) is 0 Å². The van der Waals surface area contributed by atoms with E-state index in [0.717, 1.165) is 24.5 Å². The second-order valence-corrected chi connectivity index (χ2v) is 8.29. The Bertz CT molecular complexity index is 1340. The van der Waals surface area contributed by atoms with Crippen LogP contribution in [0, 0.1) is 0 Å². The Kier molecular flexibility index (Phi) is 7.59. The van der Waals surface area contributed by atoms with Crippen LogP contribution in [0.3, 0.4) is 0 Å². The number of benzene rings is 2. The van der Waals surface area contributed by atoms with Crippen molar-refractivity contribution in [1.29, 1.82) is 0 Å². The van der Waals surface area contributed by atoms with Crippen molar-refractivity contribution in [3.8, 4) is 11.5 Å². The number of amidine groups is 1. The van der Waals surface area contributed by atoms with Crippen LogP contribution in [0.1, 0.15) is 30.2 Å². The Morgan fingerprint density at radius 1 is 1.17 bits per heavy atom. The van der Waals surface area contributed by atoms with Gasteiger partial charge in [-0.15, -0.1) is 0 Å². The molecule has 1 aromatic heterocycles. The number of halogens is 4. The Labute approximate surface area is 210 Å². The number of carbonyl (C=O) groups excluding carboxylic acids is 1. The van der Waals surface area contributed by atoms with E-state index in [0.29, 0.717) is 41.3 Å². The van der Waals surface area contributed by atoms with Crippen molar-refractivity contribution >= 4 is 35.1 Å². The van der Waals surface area contributed by atoms with Gasteiger partial charge in [0, 0.05) is 30.1 Å². The van der Waals surface area contributed by atoms with Gasteiger partial charge in [-0.05, 0) is 54.5 Å². The third-order valence-corrected chi connectivity index (χ3v) is 5.61. The zero-order valence-corrected chi connectivity index (χ0v) is 20.0. The Morgan fingerprint density at radius 3 is 2.69 bits per heavy atom. The molecule has 1 amide bonds. The van der Waals surface area contributed by atoms with E-state index in [1.165, 1.54) is 6.07 Å². The number of hydrogen-bond donors (Lipinski definition) is 2. The molecule has 2 N–H and O–H groups in total. The average molecular weight is 515 g/mol. The summed E-state index contributed by atoms with van der Waals surface area (Å²) in [6.45, 7) is 3.25. The first kappa shape index (κ1) is 25.2. The first-order chi connectivity index (χ1) is 17.2. The van der Waals surface area contributed by atoms with Crippen LogP contribution in [-0.4, -0.2) is 29.8 Å². The van der Waals surface area contributed by atoms with E-state index >= 15 is 0 Å². The fourth-order valence-corrected chi connectivity index (χ4v) is 3.76. The minimum absolute atomic E-state index is 0.00278. The molecular formula is C26H22ClF3N4O2. The van der Waals surface area contributed by atoms with E-state index in [9.17, 15) is 18.0 Å². The normalized spacial score (nSPS) is 13.7. The van der Waals surface area contributed by atoms with Gasteiger partial charge in [-0.1, -0.05) is 30.7 Å². The zero-order valence-electron chi connectivity index (χ0n) is 19.2. The number of carbonyl (C=O) groups is 1. The van der Waals surface area contributed by atoms with Gasteiger partial charge in [-0.2, -0.15) is 13.2 Å². The Morgan fingerprint density at radius 2 is 1.97 bits per heavy atom. The number of nitrogens with zero attached hydrogens (tertiary/aromatic N) is 2. The molecule has 1 aliphatic rings. The molecule has 0 fully saturated rings. The highest BCUT2D eigenvalue weighted by molar-refractivity contribution is 6.31. The monoisotopic (exact) mass is 514 g/mol. The molecule has 2 heterocycles. The average Bonchev–Trinajstić information content (AvgIpc) is 3.38. The first-order valence-electron chi connectivity index (χ1n) is 11.1. The minimum atomic E-state index is -4.63. The number of amides is 1. The molecule has 0 unspecified atom stereocenters. The number of alkyl halides is 3. The van der Waals surface area contributed by atoms with Crippen LogP contribution in [0.15, 0.2) is 71.4 Å². The van der Waals surface area contributed by atoms with Crippen molar-refractivity contribution in [2.24, 2.45) is 4.99 Å². The number of hydrogen-bond acceptors (Lipinski definition) is 5. The highest BCUT2D eigenvalue weighted by Gasteiger charge is 2.33. The summed E-state index contributed by atoms with van der Waals surface area (Å²) >= 11 is 5.66. The fourth-order valence-electron chi connectivity index (χ4n) is 3.54. The second-order valence-electron chi connectivity index (χ2n) is 7.88. The molecule has 0 bridgehead atoms. The van der Waals surface area contributed by atoms with Crippen molar-refractivity contribution in [3.63, 3.8) is 0 Å². The lowest BCUT2D eigenvalue weighted by molar-refractivity contribution is -0.137. The van der Waals surface area contributed by atoms with Crippen LogP contribution in [0.5, 0.6) is 11.5 Å². The van der Waals surface area contributed by atoms with Gasteiger partial charge in [0.25, 0.3) is 5.91 Å². The smallest absolute Gasteiger partial charge is 0.417 e. The molecule has 36 heavy (non-hydrogen) atoms. The number of ether oxygens (including phenoxy) is 1. The van der Waals surface area contributed by atoms with Crippen molar-refractivity contribution in [1.82, 2.24) is 10.3 Å². The number of anilines is 1. The van der Waals surface area contributed by atoms with Gasteiger partial charge in [0.15, 0.2) is 0 Å². The third kappa shape index (κ3) is 6.23. The molecule has 0 aliphatic carbocycles. The van der Waals surface area contributed by atoms with Crippen molar-refractivity contribution in [2.75, 3.05) is 18.4 Å². The topological polar surface area (TPSA) is 75.6 Å². The van der Waals surface area contributed by atoms with E-state index < -0.39 is 22.7 Å². The molecule has 0 radical (unpaired) electrons. The lowest BCUT2D eigenvalue weighted by Crippen LogP contribution is -2.20. The molecule has 10 heteroatoms. The van der Waals surface area contributed by atoms with Gasteiger partial charge in [0.1, 0.15) is 23.0 Å². The fraction of sp³-hybridized carbons (Fsp3) is 0.192. The molecular weight excluding hydrogens is 493 g/mol. The van der Waals surface area contributed by atoms with Gasteiger partial charge in [0.05, 0.1) is 17.1 Å². The van der Waals surface area contributed by atoms with Crippen LogP contribution < -0.4 is 15.4 Å². The third-order valence-electron chi connectivity index (χ3n) is 5.29. The maximum Gasteiger partial charge on any atom is 0.417 e. The SMILES string of the molecule is CC/C(=C/c1cccc(Oc2ccnc(C3=NCCN3)c2)c1)C(=O)Nc1ccc(Cl)c(C(F)(F)F)c1. The molecule has 6 nitrogen and oxygen atoms in total. The van der Waals surface area contributed by atoms with E-state index in [1.54, 1.807) is 55.6 Å². The van der Waals surface area contributed by atoms with Crippen LogP contribution in [0.2, 0.25) is 5.02 Å². The number of rotatable bonds is 7. The number of pyridine rings is 1. The molecule has 1 aliphatic heterocycles. The highest BCUT2D eigenvalue weighted by Crippen LogP contribution is 2.36. The number of nitrogens with one attached hydrogen (secondary N) is 2. The summed E-state index contributed by atoms with van der Waals surface area (Å²) in [6, 6.07) is 13.9. The quantitative estimate of drug-likeness (QED) is 0.361. The summed E-state index contributed by atoms with van der Waals surface area (Å²) in [4.78, 5) is 21.5. The minimum Gasteiger partial charge on any atom is -0.457 e. The van der Waals surface area contributed by atoms with E-state index in [2.05, 4.69) is 20.6 Å². The number of aliphatic imine (C=N–C) groups is 1. The highest BCUT2D eigenvalue weighted by atomic mass is 35.5. The summed E-state index contributed by atoms with van der Waals surface area (Å²) in [5.41, 5.74) is 0.753. The van der Waals surface area contributed by atoms with E-state index in [4.69, 9.17) is 16.3 Å². The predicted molar refractivity (Wildman–Crippen MR) is 134 cm³/mol. The van der Waals surface area contributed by atoms with Crippen LogP contribution in [0.25, 0.3) is 6.08 Å². The maximum absolute atomic E-state index is 13.1. The summed E-state index contributed by atoms with van der Waals surface area (Å²) in [5.74, 6) is 1.33. The summed E-state index contributed by atoms with van der Waals surface area (Å²) in [6.07, 6.45) is -0.965. The lowest BCUT2D eigenvalue weighted by atomic mass is 10.1. The predicted octanol–water partition coefficient (Wildman–Crippen LogP) is 6.33. The summed E-state index contributed by atoms with van der Waals surface area (Å²) in [5, 5.41) is 5.25. The van der Waals surface area contributed by atoms with E-state index in [1.807, 2.05) is 0 Å². The van der Waals surface area contributed by atoms with Crippen molar-refractivity contribution < 1.29 is 22.7 Å². The van der Waals surface area contributed by atoms with Crippen molar-refractivity contribution in [3.05, 3.63) is 88.2 Å². The van der Waals surface area contributed by atoms with Gasteiger partial charge in [-0.3, -0.25) is 14.8 Å². The maximum atomic E-state index is 13.1. The largest absolute Gasteiger partial charge is 0.457 e. The van der Waals surface area contributed by atoms with Crippen LogP contribution >= 0.6 is 11.6 Å². The lowest BCUT2D eigenvalue weighted by Gasteiger charge is -2.13. The molecule has 186 valence electrons. The molecule has 0 saturated heterocycles. The second kappa shape index (κ2) is 10.8. The van der Waals surface area contributed by atoms with Gasteiger partial charge in [-0.25, -0.2) is 0 Å².